The van der Waals surface area contributed by atoms with Crippen molar-refractivity contribution in [1.82, 2.24) is 20.0 Å². The number of hydrogen-bond acceptors (Lipinski definition) is 4. The molecule has 1 amide bonds. The Morgan fingerprint density at radius 1 is 1.61 bits per heavy atom. The zero-order chi connectivity index (χ0) is 13.0. The fourth-order valence-electron chi connectivity index (χ4n) is 1.92. The van der Waals surface area contributed by atoms with Gasteiger partial charge in [-0.1, -0.05) is 0 Å². The number of ether oxygens (including phenoxy) is 1. The van der Waals surface area contributed by atoms with Crippen molar-refractivity contribution in [3.63, 3.8) is 0 Å². The highest BCUT2D eigenvalue weighted by Gasteiger charge is 2.20. The Labute approximate surface area is 107 Å². The molecule has 0 fully saturated rings. The van der Waals surface area contributed by atoms with Crippen molar-refractivity contribution in [2.24, 2.45) is 0 Å². The third-order valence-corrected chi connectivity index (χ3v) is 2.86. The Kier molecular flexibility index (Phi) is 4.19. The molecule has 2 rings (SSSR count). The number of rotatable bonds is 5. The molecule has 1 aliphatic heterocycles. The van der Waals surface area contributed by atoms with E-state index < -0.39 is 0 Å². The van der Waals surface area contributed by atoms with Crippen LogP contribution in [0.15, 0.2) is 6.20 Å². The molecule has 18 heavy (non-hydrogen) atoms. The van der Waals surface area contributed by atoms with Crippen LogP contribution in [0.3, 0.4) is 0 Å². The third-order valence-electron chi connectivity index (χ3n) is 2.86. The van der Waals surface area contributed by atoms with Crippen molar-refractivity contribution in [3.05, 3.63) is 11.8 Å². The number of nitrogens with zero attached hydrogens (tertiary/aromatic N) is 3. The SMILES string of the molecule is CN(C)CCCNC(=O)c1cnn2c1OCCC2. The lowest BCUT2D eigenvalue weighted by Crippen LogP contribution is -2.27. The summed E-state index contributed by atoms with van der Waals surface area (Å²) in [5.74, 6) is 0.503. The maximum atomic E-state index is 12.0. The van der Waals surface area contributed by atoms with Crippen LogP contribution in [0.2, 0.25) is 0 Å². The summed E-state index contributed by atoms with van der Waals surface area (Å²) in [4.78, 5) is 14.1. The Hall–Kier alpha value is -1.56. The van der Waals surface area contributed by atoms with Crippen molar-refractivity contribution >= 4 is 5.91 Å². The normalized spacial score (nSPS) is 14.2. The Morgan fingerprint density at radius 3 is 3.22 bits per heavy atom. The van der Waals surface area contributed by atoms with E-state index in [4.69, 9.17) is 4.74 Å². The van der Waals surface area contributed by atoms with Gasteiger partial charge in [-0.05, 0) is 27.1 Å². The van der Waals surface area contributed by atoms with Gasteiger partial charge in [-0.15, -0.1) is 0 Å². The Morgan fingerprint density at radius 2 is 2.44 bits per heavy atom. The molecule has 0 aliphatic carbocycles. The summed E-state index contributed by atoms with van der Waals surface area (Å²) >= 11 is 0. The summed E-state index contributed by atoms with van der Waals surface area (Å²) in [7, 11) is 4.04. The van der Waals surface area contributed by atoms with Gasteiger partial charge in [0.2, 0.25) is 5.88 Å². The fourth-order valence-corrected chi connectivity index (χ4v) is 1.92. The number of hydrogen-bond donors (Lipinski definition) is 1. The van der Waals surface area contributed by atoms with Crippen LogP contribution in [0.25, 0.3) is 0 Å². The average Bonchev–Trinajstić information content (AvgIpc) is 2.78. The lowest BCUT2D eigenvalue weighted by molar-refractivity contribution is 0.0945. The zero-order valence-corrected chi connectivity index (χ0v) is 11.0. The summed E-state index contributed by atoms with van der Waals surface area (Å²) in [6.07, 6.45) is 3.46. The predicted octanol–water partition coefficient (Wildman–Crippen LogP) is 0.347. The van der Waals surface area contributed by atoms with Gasteiger partial charge in [-0.25, -0.2) is 4.68 Å². The molecule has 1 aliphatic rings. The smallest absolute Gasteiger partial charge is 0.258 e. The van der Waals surface area contributed by atoms with E-state index in [2.05, 4.69) is 15.3 Å². The number of amides is 1. The second kappa shape index (κ2) is 5.86. The number of aromatic nitrogens is 2. The van der Waals surface area contributed by atoms with E-state index in [9.17, 15) is 4.79 Å². The molecule has 0 unspecified atom stereocenters. The summed E-state index contributed by atoms with van der Waals surface area (Å²) < 4.78 is 7.24. The van der Waals surface area contributed by atoms with E-state index >= 15 is 0 Å². The van der Waals surface area contributed by atoms with Crippen LogP contribution in [0.1, 0.15) is 23.2 Å². The number of carbonyl (C=O) groups is 1. The molecule has 0 aromatic carbocycles. The first-order chi connectivity index (χ1) is 8.68. The molecule has 1 N–H and O–H groups in total. The molecule has 1 aromatic heterocycles. The second-order valence-electron chi connectivity index (χ2n) is 4.70. The maximum Gasteiger partial charge on any atom is 0.258 e. The van der Waals surface area contributed by atoms with Gasteiger partial charge in [-0.3, -0.25) is 4.79 Å². The molecule has 6 nitrogen and oxygen atoms in total. The average molecular weight is 252 g/mol. The minimum atomic E-state index is -0.100. The second-order valence-corrected chi connectivity index (χ2v) is 4.70. The fraction of sp³-hybridized carbons (Fsp3) is 0.667. The highest BCUT2D eigenvalue weighted by atomic mass is 16.5. The van der Waals surface area contributed by atoms with Crippen LogP contribution < -0.4 is 10.1 Å². The summed E-state index contributed by atoms with van der Waals surface area (Å²) in [6, 6.07) is 0. The van der Waals surface area contributed by atoms with Crippen molar-refractivity contribution in [2.45, 2.75) is 19.4 Å². The first kappa shape index (κ1) is 12.9. The highest BCUT2D eigenvalue weighted by molar-refractivity contribution is 5.96. The summed E-state index contributed by atoms with van der Waals surface area (Å²) in [5.41, 5.74) is 0.541. The van der Waals surface area contributed by atoms with E-state index in [1.807, 2.05) is 14.1 Å². The zero-order valence-electron chi connectivity index (χ0n) is 11.0. The summed E-state index contributed by atoms with van der Waals surface area (Å²) in [6.45, 7) is 3.11. The lowest BCUT2D eigenvalue weighted by atomic mass is 10.3. The summed E-state index contributed by atoms with van der Waals surface area (Å²) in [5, 5.41) is 7.05. The van der Waals surface area contributed by atoms with Crippen molar-refractivity contribution in [1.29, 1.82) is 0 Å². The minimum Gasteiger partial charge on any atom is -0.477 e. The first-order valence-corrected chi connectivity index (χ1v) is 6.30. The lowest BCUT2D eigenvalue weighted by Gasteiger charge is -2.16. The molecular formula is C12H20N4O2. The molecule has 100 valence electrons. The Bertz CT molecular complexity index is 414. The van der Waals surface area contributed by atoms with Gasteiger partial charge in [-0.2, -0.15) is 5.10 Å². The number of aryl methyl sites for hydroxylation is 1. The molecule has 1 aromatic rings. The molecule has 0 radical (unpaired) electrons. The van der Waals surface area contributed by atoms with Crippen LogP contribution in [-0.2, 0) is 6.54 Å². The predicted molar refractivity (Wildman–Crippen MR) is 67.8 cm³/mol. The standard InChI is InChI=1S/C12H20N4O2/c1-15(2)6-3-5-13-11(17)10-9-14-16-7-4-8-18-12(10)16/h9H,3-8H2,1-2H3,(H,13,17). The molecule has 2 heterocycles. The monoisotopic (exact) mass is 252 g/mol. The number of fused-ring (bicyclic) bond motifs is 1. The molecule has 0 bridgehead atoms. The molecule has 0 atom stereocenters. The largest absolute Gasteiger partial charge is 0.477 e. The van der Waals surface area contributed by atoms with E-state index in [-0.39, 0.29) is 5.91 Å². The van der Waals surface area contributed by atoms with Gasteiger partial charge in [0, 0.05) is 19.5 Å². The van der Waals surface area contributed by atoms with Gasteiger partial charge in [0.25, 0.3) is 5.91 Å². The molecule has 0 spiro atoms. The number of carbonyl (C=O) groups excluding carboxylic acids is 1. The Balaban J connectivity index is 1.87. The number of nitrogens with one attached hydrogen (secondary N) is 1. The van der Waals surface area contributed by atoms with Crippen molar-refractivity contribution in [3.8, 4) is 5.88 Å². The molecule has 0 saturated carbocycles. The molecule has 6 heteroatoms. The van der Waals surface area contributed by atoms with Crippen LogP contribution in [0.4, 0.5) is 0 Å². The van der Waals surface area contributed by atoms with Gasteiger partial charge < -0.3 is 15.0 Å². The first-order valence-electron chi connectivity index (χ1n) is 6.30. The van der Waals surface area contributed by atoms with E-state index in [1.54, 1.807) is 10.9 Å². The van der Waals surface area contributed by atoms with Crippen LogP contribution in [0.5, 0.6) is 5.88 Å². The van der Waals surface area contributed by atoms with Gasteiger partial charge in [0.05, 0.1) is 12.8 Å². The highest BCUT2D eigenvalue weighted by Crippen LogP contribution is 2.21. The van der Waals surface area contributed by atoms with E-state index in [0.29, 0.717) is 24.6 Å². The van der Waals surface area contributed by atoms with E-state index in [0.717, 1.165) is 25.9 Å². The molecular weight excluding hydrogens is 232 g/mol. The van der Waals surface area contributed by atoms with Gasteiger partial charge in [0.15, 0.2) is 0 Å². The van der Waals surface area contributed by atoms with Gasteiger partial charge in [0.1, 0.15) is 5.56 Å². The molecule has 0 saturated heterocycles. The minimum absolute atomic E-state index is 0.100. The van der Waals surface area contributed by atoms with Crippen molar-refractivity contribution in [2.75, 3.05) is 33.8 Å². The van der Waals surface area contributed by atoms with E-state index in [1.165, 1.54) is 0 Å². The van der Waals surface area contributed by atoms with Crippen molar-refractivity contribution < 1.29 is 9.53 Å². The van der Waals surface area contributed by atoms with Gasteiger partial charge >= 0.3 is 0 Å². The maximum absolute atomic E-state index is 12.0. The topological polar surface area (TPSA) is 59.4 Å². The third kappa shape index (κ3) is 3.01. The van der Waals surface area contributed by atoms with Crippen LogP contribution >= 0.6 is 0 Å². The van der Waals surface area contributed by atoms with Crippen LogP contribution in [-0.4, -0.2) is 54.4 Å². The quantitative estimate of drug-likeness (QED) is 0.768. The van der Waals surface area contributed by atoms with Crippen LogP contribution in [0, 0.1) is 0 Å².